The van der Waals surface area contributed by atoms with Gasteiger partial charge in [0.2, 0.25) is 0 Å². The molecule has 1 fully saturated rings. The van der Waals surface area contributed by atoms with Crippen LogP contribution in [0.4, 0.5) is 5.82 Å². The predicted octanol–water partition coefficient (Wildman–Crippen LogP) is 0.0458. The van der Waals surface area contributed by atoms with E-state index in [0.29, 0.717) is 19.5 Å². The van der Waals surface area contributed by atoms with Gasteiger partial charge in [-0.3, -0.25) is 9.78 Å². The number of amides is 1. The van der Waals surface area contributed by atoms with Crippen LogP contribution in [0.25, 0.3) is 0 Å². The highest BCUT2D eigenvalue weighted by Crippen LogP contribution is 2.21. The average Bonchev–Trinajstić information content (AvgIpc) is 2.26. The minimum Gasteiger partial charge on any atom is -0.388 e. The third kappa shape index (κ3) is 2.71. The van der Waals surface area contributed by atoms with Crippen molar-refractivity contribution in [3.63, 3.8) is 0 Å². The lowest BCUT2D eigenvalue weighted by atomic mass is 9.95. The van der Waals surface area contributed by atoms with Crippen molar-refractivity contribution in [2.45, 2.75) is 25.4 Å². The Morgan fingerprint density at radius 2 is 2.35 bits per heavy atom. The number of piperidine rings is 1. The van der Waals surface area contributed by atoms with Crippen LogP contribution in [0.1, 0.15) is 30.3 Å². The number of β-amino-alcohol motifs (C(OH)–C–C–N with tert-alkyl or cyclic N) is 1. The van der Waals surface area contributed by atoms with Crippen LogP contribution in [0.3, 0.4) is 0 Å². The molecule has 3 N–H and O–H groups in total. The molecule has 1 saturated heterocycles. The van der Waals surface area contributed by atoms with Crippen molar-refractivity contribution in [1.82, 2.24) is 14.9 Å². The largest absolute Gasteiger partial charge is 0.388 e. The molecular formula is C11H16N4O2. The van der Waals surface area contributed by atoms with Crippen LogP contribution in [-0.2, 0) is 0 Å². The number of anilines is 1. The third-order valence-corrected chi connectivity index (χ3v) is 2.83. The van der Waals surface area contributed by atoms with Gasteiger partial charge in [-0.2, -0.15) is 0 Å². The fraction of sp³-hybridized carbons (Fsp3) is 0.545. The van der Waals surface area contributed by atoms with Gasteiger partial charge in [-0.05, 0) is 19.8 Å². The summed E-state index contributed by atoms with van der Waals surface area (Å²) in [6.45, 7) is 2.69. The van der Waals surface area contributed by atoms with Crippen molar-refractivity contribution in [1.29, 1.82) is 0 Å². The van der Waals surface area contributed by atoms with Crippen molar-refractivity contribution in [2.24, 2.45) is 0 Å². The molecule has 17 heavy (non-hydrogen) atoms. The van der Waals surface area contributed by atoms with Gasteiger partial charge in [-0.1, -0.05) is 0 Å². The monoisotopic (exact) mass is 236 g/mol. The number of likely N-dealkylation sites (tertiary alicyclic amines) is 1. The summed E-state index contributed by atoms with van der Waals surface area (Å²) >= 11 is 0. The Bertz CT molecular complexity index is 433. The number of carbonyl (C=O) groups is 1. The molecule has 2 heterocycles. The van der Waals surface area contributed by atoms with Gasteiger partial charge in [0.1, 0.15) is 11.5 Å². The smallest absolute Gasteiger partial charge is 0.274 e. The van der Waals surface area contributed by atoms with E-state index in [2.05, 4.69) is 9.97 Å². The van der Waals surface area contributed by atoms with Crippen LogP contribution in [0, 0.1) is 0 Å². The van der Waals surface area contributed by atoms with Crippen LogP contribution < -0.4 is 5.73 Å². The van der Waals surface area contributed by atoms with Gasteiger partial charge in [0.05, 0.1) is 18.0 Å². The standard InChI is InChI=1S/C11H16N4O2/c1-11(17)3-2-4-15(7-11)10(16)8-5-13-6-9(12)14-8/h5-6,17H,2-4,7H2,1H3,(H2,12,14). The van der Waals surface area contributed by atoms with Gasteiger partial charge < -0.3 is 15.7 Å². The maximum atomic E-state index is 12.1. The molecule has 1 aliphatic rings. The first-order chi connectivity index (χ1) is 7.98. The molecule has 2 rings (SSSR count). The minimum atomic E-state index is -0.818. The van der Waals surface area contributed by atoms with E-state index in [-0.39, 0.29) is 17.4 Å². The van der Waals surface area contributed by atoms with Crippen LogP contribution >= 0.6 is 0 Å². The molecule has 0 aliphatic carbocycles. The Morgan fingerprint density at radius 1 is 1.59 bits per heavy atom. The molecule has 1 aromatic heterocycles. The number of rotatable bonds is 1. The molecule has 92 valence electrons. The van der Waals surface area contributed by atoms with Crippen molar-refractivity contribution in [3.8, 4) is 0 Å². The van der Waals surface area contributed by atoms with E-state index in [9.17, 15) is 9.90 Å². The number of hydrogen-bond donors (Lipinski definition) is 2. The van der Waals surface area contributed by atoms with Crippen molar-refractivity contribution in [3.05, 3.63) is 18.1 Å². The Morgan fingerprint density at radius 3 is 3.00 bits per heavy atom. The summed E-state index contributed by atoms with van der Waals surface area (Å²) in [6.07, 6.45) is 4.28. The second-order valence-corrected chi connectivity index (χ2v) is 4.66. The molecule has 6 heteroatoms. The molecule has 6 nitrogen and oxygen atoms in total. The highest BCUT2D eigenvalue weighted by Gasteiger charge is 2.31. The number of nitrogen functional groups attached to an aromatic ring is 1. The molecular weight excluding hydrogens is 220 g/mol. The molecule has 0 radical (unpaired) electrons. The van der Waals surface area contributed by atoms with Crippen molar-refractivity contribution in [2.75, 3.05) is 18.8 Å². The second kappa shape index (κ2) is 4.29. The maximum Gasteiger partial charge on any atom is 0.274 e. The molecule has 1 unspecified atom stereocenters. The summed E-state index contributed by atoms with van der Waals surface area (Å²) in [5, 5.41) is 9.94. The first-order valence-corrected chi connectivity index (χ1v) is 5.57. The molecule has 0 saturated carbocycles. The van der Waals surface area contributed by atoms with E-state index in [1.807, 2.05) is 0 Å². The Hall–Kier alpha value is -1.69. The predicted molar refractivity (Wildman–Crippen MR) is 62.2 cm³/mol. The molecule has 1 amide bonds. The number of aliphatic hydroxyl groups is 1. The van der Waals surface area contributed by atoms with Gasteiger partial charge >= 0.3 is 0 Å². The van der Waals surface area contributed by atoms with Crippen LogP contribution in [0.15, 0.2) is 12.4 Å². The van der Waals surface area contributed by atoms with E-state index < -0.39 is 5.60 Å². The zero-order chi connectivity index (χ0) is 12.5. The maximum absolute atomic E-state index is 12.1. The minimum absolute atomic E-state index is 0.222. The first-order valence-electron chi connectivity index (χ1n) is 5.57. The lowest BCUT2D eigenvalue weighted by Crippen LogP contribution is -2.48. The zero-order valence-electron chi connectivity index (χ0n) is 9.76. The van der Waals surface area contributed by atoms with Gasteiger partial charge in [0.25, 0.3) is 5.91 Å². The number of carbonyl (C=O) groups excluding carboxylic acids is 1. The quantitative estimate of drug-likeness (QED) is 0.718. The molecule has 1 aromatic rings. The Balaban J connectivity index is 2.15. The number of aromatic nitrogens is 2. The Kier molecular flexibility index (Phi) is 2.97. The SMILES string of the molecule is CC1(O)CCCN(C(=O)c2cncc(N)n2)C1. The molecule has 0 spiro atoms. The lowest BCUT2D eigenvalue weighted by Gasteiger charge is -2.36. The van der Waals surface area contributed by atoms with E-state index in [0.717, 1.165) is 6.42 Å². The molecule has 0 bridgehead atoms. The highest BCUT2D eigenvalue weighted by atomic mass is 16.3. The summed E-state index contributed by atoms with van der Waals surface area (Å²) in [5.74, 6) is -0.00982. The zero-order valence-corrected chi connectivity index (χ0v) is 9.76. The average molecular weight is 236 g/mol. The summed E-state index contributed by atoms with van der Waals surface area (Å²) in [7, 11) is 0. The highest BCUT2D eigenvalue weighted by molar-refractivity contribution is 5.92. The van der Waals surface area contributed by atoms with Gasteiger partial charge in [0, 0.05) is 13.1 Å². The van der Waals surface area contributed by atoms with Crippen molar-refractivity contribution >= 4 is 11.7 Å². The van der Waals surface area contributed by atoms with Crippen molar-refractivity contribution < 1.29 is 9.90 Å². The molecule has 0 aromatic carbocycles. The lowest BCUT2D eigenvalue weighted by molar-refractivity contribution is -0.0109. The normalized spacial score (nSPS) is 24.7. The number of hydrogen-bond acceptors (Lipinski definition) is 5. The molecule has 1 atom stereocenters. The van der Waals surface area contributed by atoms with Crippen LogP contribution in [0.2, 0.25) is 0 Å². The van der Waals surface area contributed by atoms with E-state index in [1.54, 1.807) is 11.8 Å². The summed E-state index contributed by atoms with van der Waals surface area (Å²) in [6, 6.07) is 0. The summed E-state index contributed by atoms with van der Waals surface area (Å²) in [4.78, 5) is 21.5. The third-order valence-electron chi connectivity index (χ3n) is 2.83. The van der Waals surface area contributed by atoms with E-state index in [1.165, 1.54) is 12.4 Å². The second-order valence-electron chi connectivity index (χ2n) is 4.66. The van der Waals surface area contributed by atoms with Gasteiger partial charge in [-0.25, -0.2) is 4.98 Å². The fourth-order valence-corrected chi connectivity index (χ4v) is 2.04. The summed E-state index contributed by atoms with van der Waals surface area (Å²) < 4.78 is 0. The topological polar surface area (TPSA) is 92.3 Å². The van der Waals surface area contributed by atoms with E-state index in [4.69, 9.17) is 5.73 Å². The first kappa shape index (κ1) is 11.8. The van der Waals surface area contributed by atoms with E-state index >= 15 is 0 Å². The summed E-state index contributed by atoms with van der Waals surface area (Å²) in [5.41, 5.74) is 4.89. The molecule has 1 aliphatic heterocycles. The number of nitrogens with two attached hydrogens (primary N) is 1. The van der Waals surface area contributed by atoms with Gasteiger partial charge in [0.15, 0.2) is 0 Å². The fourth-order valence-electron chi connectivity index (χ4n) is 2.04. The van der Waals surface area contributed by atoms with Crippen LogP contribution in [0.5, 0.6) is 0 Å². The number of nitrogens with zero attached hydrogens (tertiary/aromatic N) is 3. The Labute approximate surface area is 99.5 Å². The van der Waals surface area contributed by atoms with Crippen LogP contribution in [-0.4, -0.2) is 44.6 Å². The van der Waals surface area contributed by atoms with Gasteiger partial charge in [-0.15, -0.1) is 0 Å².